The van der Waals surface area contributed by atoms with E-state index in [1.54, 1.807) is 22.8 Å². The first-order valence-corrected chi connectivity index (χ1v) is 8.99. The van der Waals surface area contributed by atoms with E-state index in [9.17, 15) is 18.4 Å². The van der Waals surface area contributed by atoms with Gasteiger partial charge in [-0.25, -0.2) is 8.78 Å². The highest BCUT2D eigenvalue weighted by Gasteiger charge is 2.17. The maximum Gasteiger partial charge on any atom is 0.307 e. The lowest BCUT2D eigenvalue weighted by Gasteiger charge is -2.05. The molecule has 0 aliphatic rings. The molecule has 27 heavy (non-hydrogen) atoms. The Morgan fingerprint density at radius 1 is 1.22 bits per heavy atom. The number of fused-ring (bicyclic) bond motifs is 1. The molecule has 0 unspecified atom stereocenters. The monoisotopic (exact) mass is 410 g/mol. The van der Waals surface area contributed by atoms with Crippen molar-refractivity contribution in [3.63, 3.8) is 0 Å². The lowest BCUT2D eigenvalue weighted by molar-refractivity contribution is -0.140. The summed E-state index contributed by atoms with van der Waals surface area (Å²) in [5.74, 6) is -3.47. The van der Waals surface area contributed by atoms with Crippen molar-refractivity contribution in [1.29, 1.82) is 0 Å². The number of benzene rings is 2. The minimum Gasteiger partial charge on any atom is -0.469 e. The molecule has 3 aromatic rings. The van der Waals surface area contributed by atoms with Crippen LogP contribution < -0.4 is 4.80 Å². The summed E-state index contributed by atoms with van der Waals surface area (Å²) in [7, 11) is 1.27. The van der Waals surface area contributed by atoms with Gasteiger partial charge in [0, 0.05) is 11.6 Å². The number of carbonyl (C=O) groups is 2. The molecule has 0 saturated heterocycles. The van der Waals surface area contributed by atoms with Crippen LogP contribution in [0.25, 0.3) is 10.2 Å². The molecule has 0 atom stereocenters. The van der Waals surface area contributed by atoms with Crippen molar-refractivity contribution in [3.05, 3.63) is 63.4 Å². The van der Waals surface area contributed by atoms with Crippen molar-refractivity contribution < 1.29 is 23.1 Å². The molecular formula is C18H13ClF2N2O3S. The molecule has 3 rings (SSSR count). The fraction of sp³-hybridized carbons (Fsp3) is 0.167. The molecule has 1 aromatic heterocycles. The maximum absolute atomic E-state index is 13.9. The fourth-order valence-electron chi connectivity index (χ4n) is 2.50. The van der Waals surface area contributed by atoms with Gasteiger partial charge < -0.3 is 9.30 Å². The normalized spacial score (nSPS) is 11.8. The number of thiazole rings is 1. The number of hydrogen-bond acceptors (Lipinski definition) is 4. The predicted molar refractivity (Wildman–Crippen MR) is 97.7 cm³/mol. The number of hydrogen-bond donors (Lipinski definition) is 0. The van der Waals surface area contributed by atoms with Gasteiger partial charge in [0.05, 0.1) is 23.7 Å². The predicted octanol–water partition coefficient (Wildman–Crippen LogP) is 3.94. The van der Waals surface area contributed by atoms with E-state index < -0.39 is 29.1 Å². The van der Waals surface area contributed by atoms with Crippen LogP contribution in [0.5, 0.6) is 0 Å². The van der Waals surface area contributed by atoms with Crippen molar-refractivity contribution in [3.8, 4) is 0 Å². The van der Waals surface area contributed by atoms with Gasteiger partial charge in [0.2, 0.25) is 0 Å². The molecule has 1 amide bonds. The van der Waals surface area contributed by atoms with E-state index in [0.29, 0.717) is 15.2 Å². The Balaban J connectivity index is 2.13. The Kier molecular flexibility index (Phi) is 5.67. The fourth-order valence-corrected chi connectivity index (χ4v) is 3.83. The second-order valence-corrected chi connectivity index (χ2v) is 6.93. The molecular weight excluding hydrogens is 398 g/mol. The molecule has 9 heteroatoms. The number of aromatic nitrogens is 1. The van der Waals surface area contributed by atoms with Crippen LogP contribution in [0.2, 0.25) is 5.02 Å². The summed E-state index contributed by atoms with van der Waals surface area (Å²) >= 11 is 7.13. The average molecular weight is 411 g/mol. The van der Waals surface area contributed by atoms with Crippen LogP contribution in [0.3, 0.4) is 0 Å². The first-order valence-electron chi connectivity index (χ1n) is 7.79. The number of aryl methyl sites for hydroxylation is 1. The number of ether oxygens (including phenoxy) is 1. The van der Waals surface area contributed by atoms with Crippen LogP contribution in [-0.4, -0.2) is 23.6 Å². The van der Waals surface area contributed by atoms with E-state index in [-0.39, 0.29) is 17.8 Å². The average Bonchev–Trinajstić information content (AvgIpc) is 2.95. The van der Waals surface area contributed by atoms with E-state index in [4.69, 9.17) is 11.6 Å². The molecule has 0 aliphatic carbocycles. The van der Waals surface area contributed by atoms with Crippen LogP contribution in [0.4, 0.5) is 8.78 Å². The third-order valence-corrected chi connectivity index (χ3v) is 5.06. The zero-order valence-corrected chi connectivity index (χ0v) is 15.6. The van der Waals surface area contributed by atoms with Crippen LogP contribution >= 0.6 is 22.9 Å². The Bertz CT molecular complexity index is 1090. The SMILES string of the molecule is COC(=O)CCn1c(=NC(=O)c2c(F)cccc2F)sc2cc(Cl)ccc21. The standard InChI is InChI=1S/C18H13ClF2N2O3S/c1-26-15(24)7-8-23-13-6-5-10(19)9-14(13)27-18(23)22-17(25)16-11(20)3-2-4-12(16)21/h2-6,9H,7-8H2,1H3. The van der Waals surface area contributed by atoms with Crippen molar-refractivity contribution >= 4 is 45.0 Å². The third kappa shape index (κ3) is 4.06. The maximum atomic E-state index is 13.9. The van der Waals surface area contributed by atoms with Gasteiger partial charge in [0.15, 0.2) is 4.80 Å². The molecule has 0 N–H and O–H groups in total. The summed E-state index contributed by atoms with van der Waals surface area (Å²) in [4.78, 5) is 28.0. The molecule has 0 fully saturated rings. The summed E-state index contributed by atoms with van der Waals surface area (Å²) in [5.41, 5.74) is -0.0404. The third-order valence-electron chi connectivity index (χ3n) is 3.79. The second kappa shape index (κ2) is 7.98. The first kappa shape index (κ1) is 19.2. The van der Waals surface area contributed by atoms with Crippen molar-refractivity contribution in [1.82, 2.24) is 4.57 Å². The van der Waals surface area contributed by atoms with Crippen molar-refractivity contribution in [2.75, 3.05) is 7.11 Å². The first-order chi connectivity index (χ1) is 12.9. The van der Waals surface area contributed by atoms with Gasteiger partial charge >= 0.3 is 5.97 Å². The quantitative estimate of drug-likeness (QED) is 0.612. The molecule has 2 aromatic carbocycles. The van der Waals surface area contributed by atoms with Gasteiger partial charge in [0.25, 0.3) is 5.91 Å². The minimum atomic E-state index is -1.05. The molecule has 0 radical (unpaired) electrons. The van der Waals surface area contributed by atoms with E-state index in [2.05, 4.69) is 9.73 Å². The number of methoxy groups -OCH3 is 1. The topological polar surface area (TPSA) is 60.7 Å². The van der Waals surface area contributed by atoms with E-state index in [1.807, 2.05) is 0 Å². The van der Waals surface area contributed by atoms with Gasteiger partial charge in [0.1, 0.15) is 17.2 Å². The molecule has 0 saturated carbocycles. The van der Waals surface area contributed by atoms with Crippen molar-refractivity contribution in [2.24, 2.45) is 4.99 Å². The highest BCUT2D eigenvalue weighted by atomic mass is 35.5. The van der Waals surface area contributed by atoms with Crippen LogP contribution in [-0.2, 0) is 16.1 Å². The van der Waals surface area contributed by atoms with Gasteiger partial charge in [-0.05, 0) is 30.3 Å². The highest BCUT2D eigenvalue weighted by molar-refractivity contribution is 7.16. The van der Waals surface area contributed by atoms with Gasteiger partial charge in [-0.3, -0.25) is 9.59 Å². The number of carbonyl (C=O) groups excluding carboxylic acids is 2. The zero-order valence-electron chi connectivity index (χ0n) is 14.0. The number of esters is 1. The Labute approximate surface area is 161 Å². The summed E-state index contributed by atoms with van der Waals surface area (Å²) in [6, 6.07) is 8.21. The molecule has 0 spiro atoms. The van der Waals surface area contributed by atoms with Gasteiger partial charge in [-0.1, -0.05) is 29.0 Å². The molecule has 1 heterocycles. The number of nitrogens with zero attached hydrogens (tertiary/aromatic N) is 2. The largest absolute Gasteiger partial charge is 0.469 e. The highest BCUT2D eigenvalue weighted by Crippen LogP contribution is 2.22. The minimum absolute atomic E-state index is 0.0421. The van der Waals surface area contributed by atoms with Crippen LogP contribution in [0.1, 0.15) is 16.8 Å². The number of amides is 1. The summed E-state index contributed by atoms with van der Waals surface area (Å²) in [5, 5.41) is 0.488. The summed E-state index contributed by atoms with van der Waals surface area (Å²) in [6.45, 7) is 0.181. The van der Waals surface area contributed by atoms with Gasteiger partial charge in [-0.15, -0.1) is 0 Å². The zero-order chi connectivity index (χ0) is 19.6. The van der Waals surface area contributed by atoms with Crippen LogP contribution in [0.15, 0.2) is 41.4 Å². The number of halogens is 3. The lowest BCUT2D eigenvalue weighted by Crippen LogP contribution is -2.19. The van der Waals surface area contributed by atoms with Crippen LogP contribution in [0, 0.1) is 11.6 Å². The van der Waals surface area contributed by atoms with E-state index >= 15 is 0 Å². The lowest BCUT2D eigenvalue weighted by atomic mass is 10.2. The molecule has 0 bridgehead atoms. The Morgan fingerprint density at radius 3 is 2.59 bits per heavy atom. The summed E-state index contributed by atoms with van der Waals surface area (Å²) in [6.07, 6.45) is 0.0421. The smallest absolute Gasteiger partial charge is 0.307 e. The van der Waals surface area contributed by atoms with Crippen molar-refractivity contribution in [2.45, 2.75) is 13.0 Å². The summed E-state index contributed by atoms with van der Waals surface area (Å²) < 4.78 is 34.7. The van der Waals surface area contributed by atoms with E-state index in [0.717, 1.165) is 23.5 Å². The Morgan fingerprint density at radius 2 is 1.93 bits per heavy atom. The Hall–Kier alpha value is -2.58. The molecule has 140 valence electrons. The van der Waals surface area contributed by atoms with E-state index in [1.165, 1.54) is 13.2 Å². The molecule has 0 aliphatic heterocycles. The number of rotatable bonds is 4. The second-order valence-electron chi connectivity index (χ2n) is 5.49. The molecule has 5 nitrogen and oxygen atoms in total. The van der Waals surface area contributed by atoms with Gasteiger partial charge in [-0.2, -0.15) is 4.99 Å².